The van der Waals surface area contributed by atoms with Crippen molar-refractivity contribution in [3.05, 3.63) is 22.3 Å². The summed E-state index contributed by atoms with van der Waals surface area (Å²) >= 11 is 0. The van der Waals surface area contributed by atoms with E-state index in [1.54, 1.807) is 0 Å². The molecule has 1 aromatic rings. The molecule has 0 bridgehead atoms. The van der Waals surface area contributed by atoms with Crippen molar-refractivity contribution in [2.45, 2.75) is 85.5 Å². The summed E-state index contributed by atoms with van der Waals surface area (Å²) in [5.74, 6) is 0.824. The third-order valence-electron chi connectivity index (χ3n) is 5.36. The van der Waals surface area contributed by atoms with Crippen LogP contribution in [0.4, 0.5) is 0 Å². The van der Waals surface area contributed by atoms with E-state index in [4.69, 9.17) is 0 Å². The first-order valence-electron chi connectivity index (χ1n) is 10.4. The number of benzene rings is 1. The first-order valence-corrected chi connectivity index (χ1v) is 10.4. The predicted octanol–water partition coefficient (Wildman–Crippen LogP) is 5.85. The van der Waals surface area contributed by atoms with Crippen LogP contribution < -0.4 is 0 Å². The lowest BCUT2D eigenvalue weighted by Gasteiger charge is -2.18. The summed E-state index contributed by atoms with van der Waals surface area (Å²) in [6.45, 7) is 8.66. The van der Waals surface area contributed by atoms with E-state index in [0.717, 1.165) is 38.5 Å². The number of phenolic OH excluding ortho intramolecular Hbond substituents is 2. The summed E-state index contributed by atoms with van der Waals surface area (Å²) < 4.78 is 0. The van der Waals surface area contributed by atoms with E-state index in [1.807, 2.05) is 0 Å². The predicted molar refractivity (Wildman–Crippen MR) is 110 cm³/mol. The van der Waals surface area contributed by atoms with Crippen molar-refractivity contribution in [1.29, 1.82) is 0 Å². The molecule has 0 radical (unpaired) electrons. The van der Waals surface area contributed by atoms with Crippen LogP contribution in [0, 0.1) is 11.8 Å². The molecule has 27 heavy (non-hydrogen) atoms. The van der Waals surface area contributed by atoms with Gasteiger partial charge in [0.25, 0.3) is 0 Å². The van der Waals surface area contributed by atoms with Gasteiger partial charge >= 0.3 is 0 Å². The summed E-state index contributed by atoms with van der Waals surface area (Å²) in [6.07, 6.45) is 9.21. The average Bonchev–Trinajstić information content (AvgIpc) is 2.61. The zero-order valence-corrected chi connectivity index (χ0v) is 17.4. The number of carbonyl (C=O) groups is 2. The van der Waals surface area contributed by atoms with Crippen molar-refractivity contribution in [2.24, 2.45) is 11.8 Å². The van der Waals surface area contributed by atoms with E-state index >= 15 is 0 Å². The molecule has 0 aliphatic rings. The van der Waals surface area contributed by atoms with Crippen LogP contribution in [-0.2, 0) is 12.8 Å². The van der Waals surface area contributed by atoms with Gasteiger partial charge in [0.15, 0.2) is 12.6 Å². The number of aldehydes is 2. The molecule has 0 aliphatic heterocycles. The maximum absolute atomic E-state index is 11.6. The van der Waals surface area contributed by atoms with Crippen LogP contribution in [0.1, 0.15) is 104 Å². The zero-order valence-electron chi connectivity index (χ0n) is 17.4. The van der Waals surface area contributed by atoms with Crippen molar-refractivity contribution in [3.63, 3.8) is 0 Å². The van der Waals surface area contributed by atoms with Gasteiger partial charge in [-0.3, -0.25) is 9.59 Å². The van der Waals surface area contributed by atoms with Gasteiger partial charge in [0.2, 0.25) is 0 Å². The smallest absolute Gasteiger partial charge is 0.154 e. The summed E-state index contributed by atoms with van der Waals surface area (Å²) in [7, 11) is 0. The van der Waals surface area contributed by atoms with E-state index in [0.29, 0.717) is 48.4 Å². The van der Waals surface area contributed by atoms with Gasteiger partial charge in [-0.2, -0.15) is 0 Å². The Morgan fingerprint density at radius 2 is 1.37 bits per heavy atom. The summed E-state index contributed by atoms with van der Waals surface area (Å²) in [5, 5.41) is 21.2. The molecule has 4 nitrogen and oxygen atoms in total. The van der Waals surface area contributed by atoms with Gasteiger partial charge in [-0.15, -0.1) is 0 Å². The number of rotatable bonds is 13. The van der Waals surface area contributed by atoms with Crippen molar-refractivity contribution in [2.75, 3.05) is 0 Å². The van der Waals surface area contributed by atoms with Crippen molar-refractivity contribution in [3.8, 4) is 11.5 Å². The Balaban J connectivity index is 3.00. The molecule has 152 valence electrons. The fourth-order valence-electron chi connectivity index (χ4n) is 3.59. The van der Waals surface area contributed by atoms with E-state index in [1.165, 1.54) is 6.42 Å². The monoisotopic (exact) mass is 376 g/mol. The number of unbranched alkanes of at least 4 members (excludes halogenated alkanes) is 2. The second-order valence-electron chi connectivity index (χ2n) is 8.14. The number of hydrogen-bond acceptors (Lipinski definition) is 4. The Hall–Kier alpha value is -1.84. The van der Waals surface area contributed by atoms with Gasteiger partial charge < -0.3 is 10.2 Å². The third-order valence-corrected chi connectivity index (χ3v) is 5.36. The molecule has 0 fully saturated rings. The molecule has 1 atom stereocenters. The van der Waals surface area contributed by atoms with Gasteiger partial charge in [0.1, 0.15) is 11.5 Å². The standard InChI is InChI=1S/C23H36O4/c1-5-6-7-11-18-20(14-24)22(26)19(23(27)21(18)15-25)13-12-17(4)10-8-9-16(2)3/h14-17,26-27H,5-13H2,1-4H3/t17-/m1/s1. The maximum Gasteiger partial charge on any atom is 0.154 e. The largest absolute Gasteiger partial charge is 0.507 e. The Morgan fingerprint density at radius 1 is 0.778 bits per heavy atom. The summed E-state index contributed by atoms with van der Waals surface area (Å²) in [4.78, 5) is 23.2. The molecule has 0 aliphatic carbocycles. The topological polar surface area (TPSA) is 74.6 Å². The molecule has 1 aromatic carbocycles. The van der Waals surface area contributed by atoms with Gasteiger partial charge in [0, 0.05) is 5.56 Å². The van der Waals surface area contributed by atoms with Gasteiger partial charge in [-0.05, 0) is 43.1 Å². The maximum atomic E-state index is 11.6. The van der Waals surface area contributed by atoms with Crippen LogP contribution in [0.3, 0.4) is 0 Å². The van der Waals surface area contributed by atoms with Crippen LogP contribution in [0.5, 0.6) is 11.5 Å². The highest BCUT2D eigenvalue weighted by Crippen LogP contribution is 2.38. The van der Waals surface area contributed by atoms with Crippen LogP contribution in [-0.4, -0.2) is 22.8 Å². The van der Waals surface area contributed by atoms with Crippen LogP contribution in [0.2, 0.25) is 0 Å². The molecular formula is C23H36O4. The van der Waals surface area contributed by atoms with Crippen LogP contribution in [0.15, 0.2) is 0 Å². The molecule has 4 heteroatoms. The van der Waals surface area contributed by atoms with Gasteiger partial charge in [-0.1, -0.05) is 59.8 Å². The number of phenols is 2. The highest BCUT2D eigenvalue weighted by Gasteiger charge is 2.23. The quantitative estimate of drug-likeness (QED) is 0.334. The van der Waals surface area contributed by atoms with E-state index in [2.05, 4.69) is 27.7 Å². The molecular weight excluding hydrogens is 340 g/mol. The Bertz CT molecular complexity index is 584. The molecule has 0 aromatic heterocycles. The fraction of sp³-hybridized carbons (Fsp3) is 0.652. The summed E-state index contributed by atoms with van der Waals surface area (Å²) in [5.41, 5.74) is 1.12. The van der Waals surface area contributed by atoms with Crippen molar-refractivity contribution >= 4 is 12.6 Å². The minimum atomic E-state index is -0.158. The zero-order chi connectivity index (χ0) is 20.4. The lowest BCUT2D eigenvalue weighted by atomic mass is 9.88. The second-order valence-corrected chi connectivity index (χ2v) is 8.14. The molecule has 0 spiro atoms. The molecule has 0 unspecified atom stereocenters. The minimum Gasteiger partial charge on any atom is -0.507 e. The first kappa shape index (κ1) is 23.2. The fourth-order valence-corrected chi connectivity index (χ4v) is 3.59. The third kappa shape index (κ3) is 6.67. The number of carbonyl (C=O) groups excluding carboxylic acids is 2. The highest BCUT2D eigenvalue weighted by molar-refractivity contribution is 5.92. The lowest BCUT2D eigenvalue weighted by Crippen LogP contribution is -2.06. The van der Waals surface area contributed by atoms with Gasteiger partial charge in [-0.25, -0.2) is 0 Å². The van der Waals surface area contributed by atoms with E-state index in [9.17, 15) is 19.8 Å². The Labute approximate surface area is 164 Å². The first-order chi connectivity index (χ1) is 12.9. The number of hydrogen-bond donors (Lipinski definition) is 2. The van der Waals surface area contributed by atoms with Crippen LogP contribution >= 0.6 is 0 Å². The second kappa shape index (κ2) is 11.8. The Morgan fingerprint density at radius 3 is 1.85 bits per heavy atom. The molecule has 0 heterocycles. The van der Waals surface area contributed by atoms with Gasteiger partial charge in [0.05, 0.1) is 11.1 Å². The van der Waals surface area contributed by atoms with Crippen molar-refractivity contribution in [1.82, 2.24) is 0 Å². The SMILES string of the molecule is CCCCCc1c(C=O)c(O)c(CC[C@H](C)CCCC(C)C)c(O)c1C=O. The molecule has 0 saturated carbocycles. The molecule has 0 amide bonds. The molecule has 2 N–H and O–H groups in total. The van der Waals surface area contributed by atoms with E-state index < -0.39 is 0 Å². The average molecular weight is 377 g/mol. The lowest BCUT2D eigenvalue weighted by molar-refractivity contribution is 0.111. The molecule has 0 saturated heterocycles. The summed E-state index contributed by atoms with van der Waals surface area (Å²) in [6, 6.07) is 0. The normalized spacial score (nSPS) is 12.3. The molecule has 1 rings (SSSR count). The Kier molecular flexibility index (Phi) is 10.1. The number of aromatic hydroxyl groups is 2. The van der Waals surface area contributed by atoms with Crippen LogP contribution in [0.25, 0.3) is 0 Å². The van der Waals surface area contributed by atoms with E-state index in [-0.39, 0.29) is 22.6 Å². The van der Waals surface area contributed by atoms with Crippen molar-refractivity contribution < 1.29 is 19.8 Å². The minimum absolute atomic E-state index is 0.158. The highest BCUT2D eigenvalue weighted by atomic mass is 16.3.